The number of fused-ring (bicyclic) bond motifs is 1. The van der Waals surface area contributed by atoms with E-state index in [1.807, 2.05) is 36.4 Å². The highest BCUT2D eigenvalue weighted by Crippen LogP contribution is 2.30. The molecule has 0 bridgehead atoms. The topological polar surface area (TPSA) is 129 Å². The molecule has 0 spiro atoms. The van der Waals surface area contributed by atoms with E-state index in [1.54, 1.807) is 17.7 Å². The average molecular weight is 383 g/mol. The van der Waals surface area contributed by atoms with Gasteiger partial charge in [-0.15, -0.1) is 0 Å². The molecule has 3 heterocycles. The van der Waals surface area contributed by atoms with Crippen LogP contribution in [0.3, 0.4) is 0 Å². The van der Waals surface area contributed by atoms with Crippen LogP contribution >= 0.6 is 0 Å². The zero-order valence-electron chi connectivity index (χ0n) is 15.2. The summed E-state index contributed by atoms with van der Waals surface area (Å²) in [5, 5.41) is 38.0. The van der Waals surface area contributed by atoms with E-state index in [0.29, 0.717) is 17.0 Å². The Morgan fingerprint density at radius 2 is 1.93 bits per heavy atom. The smallest absolute Gasteiger partial charge is 0.168 e. The van der Waals surface area contributed by atoms with Crippen LogP contribution in [0, 0.1) is 5.41 Å². The van der Waals surface area contributed by atoms with Crippen LogP contribution in [0.1, 0.15) is 17.6 Å². The zero-order chi connectivity index (χ0) is 19.8. The lowest BCUT2D eigenvalue weighted by molar-refractivity contribution is -0.0511. The van der Waals surface area contributed by atoms with Crippen LogP contribution in [0.5, 0.6) is 0 Å². The number of nitrogens with one attached hydrogen (secondary N) is 1. The van der Waals surface area contributed by atoms with Gasteiger partial charge in [-0.25, -0.2) is 9.97 Å². The van der Waals surface area contributed by atoms with Gasteiger partial charge in [-0.2, -0.15) is 0 Å². The molecule has 9 nitrogen and oxygen atoms in total. The normalized spacial score (nSPS) is 25.1. The number of ether oxygens (including phenoxy) is 1. The van der Waals surface area contributed by atoms with Gasteiger partial charge < -0.3 is 24.6 Å². The predicted octanol–water partition coefficient (Wildman–Crippen LogP) is 0.0312. The summed E-state index contributed by atoms with van der Waals surface area (Å²) in [6.45, 7) is -0.418. The van der Waals surface area contributed by atoms with Gasteiger partial charge in [0, 0.05) is 7.05 Å². The largest absolute Gasteiger partial charge is 0.394 e. The van der Waals surface area contributed by atoms with Crippen LogP contribution in [-0.2, 0) is 11.8 Å². The van der Waals surface area contributed by atoms with Crippen molar-refractivity contribution in [3.8, 4) is 0 Å². The molecular weight excluding hydrogens is 362 g/mol. The second-order valence-corrected chi connectivity index (χ2v) is 6.67. The Bertz CT molecular complexity index is 1080. The quantitative estimate of drug-likeness (QED) is 0.503. The number of aromatic nitrogens is 4. The van der Waals surface area contributed by atoms with E-state index >= 15 is 0 Å². The first-order valence-corrected chi connectivity index (χ1v) is 8.85. The molecule has 4 atom stereocenters. The molecule has 0 radical (unpaired) electrons. The van der Waals surface area contributed by atoms with Gasteiger partial charge in [0.2, 0.25) is 0 Å². The first kappa shape index (κ1) is 18.5. The summed E-state index contributed by atoms with van der Waals surface area (Å²) >= 11 is 0. The Balaban J connectivity index is 1.78. The minimum absolute atomic E-state index is 0.156. The molecule has 9 heteroatoms. The van der Waals surface area contributed by atoms with Gasteiger partial charge in [0.15, 0.2) is 17.4 Å². The van der Waals surface area contributed by atoms with E-state index in [4.69, 9.17) is 10.1 Å². The fourth-order valence-electron chi connectivity index (χ4n) is 3.27. The van der Waals surface area contributed by atoms with Gasteiger partial charge in [-0.3, -0.25) is 9.98 Å². The van der Waals surface area contributed by atoms with Crippen LogP contribution < -0.4 is 5.49 Å². The third kappa shape index (κ3) is 3.04. The van der Waals surface area contributed by atoms with Gasteiger partial charge in [-0.05, 0) is 11.6 Å². The van der Waals surface area contributed by atoms with Gasteiger partial charge in [0.1, 0.15) is 29.7 Å². The highest BCUT2D eigenvalue weighted by Gasteiger charge is 2.44. The van der Waals surface area contributed by atoms with Crippen LogP contribution in [-0.4, -0.2) is 59.3 Å². The Kier molecular flexibility index (Phi) is 4.82. The van der Waals surface area contributed by atoms with Crippen LogP contribution in [0.15, 0.2) is 36.7 Å². The van der Waals surface area contributed by atoms with Crippen molar-refractivity contribution in [2.75, 3.05) is 6.61 Å². The molecule has 2 aromatic heterocycles. The summed E-state index contributed by atoms with van der Waals surface area (Å²) in [4.78, 5) is 8.81. The lowest BCUT2D eigenvalue weighted by atomic mass is 10.1. The number of nitrogens with zero attached hydrogens (tertiary/aromatic N) is 4. The predicted molar refractivity (Wildman–Crippen MR) is 101 cm³/mol. The minimum Gasteiger partial charge on any atom is -0.394 e. The van der Waals surface area contributed by atoms with Crippen molar-refractivity contribution in [3.63, 3.8) is 0 Å². The van der Waals surface area contributed by atoms with Gasteiger partial charge in [-0.1, -0.05) is 36.4 Å². The molecule has 146 valence electrons. The zero-order valence-corrected chi connectivity index (χ0v) is 15.2. The van der Waals surface area contributed by atoms with Crippen molar-refractivity contribution in [2.45, 2.75) is 24.5 Å². The molecule has 1 aliphatic heterocycles. The molecule has 1 aromatic carbocycles. The number of imidazole rings is 1. The van der Waals surface area contributed by atoms with Crippen LogP contribution in [0.4, 0.5) is 0 Å². The van der Waals surface area contributed by atoms with Crippen molar-refractivity contribution in [1.29, 1.82) is 5.41 Å². The summed E-state index contributed by atoms with van der Waals surface area (Å²) in [5.74, 6) is 0.523. The van der Waals surface area contributed by atoms with E-state index in [0.717, 1.165) is 5.56 Å². The third-order valence-electron chi connectivity index (χ3n) is 4.91. The molecule has 3 aromatic rings. The van der Waals surface area contributed by atoms with E-state index < -0.39 is 31.1 Å². The number of aliphatic hydroxyl groups is 3. The lowest BCUT2D eigenvalue weighted by Gasteiger charge is -2.17. The van der Waals surface area contributed by atoms with Gasteiger partial charge in [0.25, 0.3) is 0 Å². The highest BCUT2D eigenvalue weighted by atomic mass is 16.6. The standard InChI is InChI=1S/C19H21N5O4/c1-23-13(8-7-11-5-3-2-4-6-11)22-18-14(17(23)20)21-10-24(18)19-16(27)15(26)12(9-25)28-19/h2-8,10,12,15-16,19-20,25-27H,9H2,1H3/t12-,15-,16-,19-/m1/s1. The maximum Gasteiger partial charge on any atom is 0.168 e. The molecule has 1 aliphatic rings. The molecule has 4 N–H and O–H groups in total. The molecule has 0 amide bonds. The first-order chi connectivity index (χ1) is 13.5. The number of benzene rings is 1. The van der Waals surface area contributed by atoms with Crippen LogP contribution in [0.2, 0.25) is 0 Å². The summed E-state index contributed by atoms with van der Waals surface area (Å²) in [6, 6.07) is 9.72. The molecule has 0 unspecified atom stereocenters. The summed E-state index contributed by atoms with van der Waals surface area (Å²) in [7, 11) is 1.73. The number of hydrogen-bond donors (Lipinski definition) is 4. The van der Waals surface area contributed by atoms with Crippen molar-refractivity contribution >= 4 is 23.3 Å². The maximum absolute atomic E-state index is 10.3. The average Bonchev–Trinajstić information content (AvgIpc) is 3.25. The van der Waals surface area contributed by atoms with Crippen molar-refractivity contribution in [2.24, 2.45) is 7.05 Å². The van der Waals surface area contributed by atoms with Gasteiger partial charge in [0.05, 0.1) is 12.9 Å². The molecule has 4 rings (SSSR count). The highest BCUT2D eigenvalue weighted by molar-refractivity contribution is 5.73. The fourth-order valence-corrected chi connectivity index (χ4v) is 3.27. The van der Waals surface area contributed by atoms with Gasteiger partial charge >= 0.3 is 0 Å². The molecule has 1 saturated heterocycles. The minimum atomic E-state index is -1.25. The van der Waals surface area contributed by atoms with E-state index in [1.165, 1.54) is 10.9 Å². The molecule has 0 aliphatic carbocycles. The molecule has 1 fully saturated rings. The summed E-state index contributed by atoms with van der Waals surface area (Å²) in [6.07, 6.45) is 0.777. The Hall–Kier alpha value is -2.85. The van der Waals surface area contributed by atoms with Crippen molar-refractivity contribution < 1.29 is 20.1 Å². The van der Waals surface area contributed by atoms with E-state index in [2.05, 4.69) is 9.97 Å². The number of rotatable bonds is 4. The maximum atomic E-state index is 10.3. The number of aliphatic hydroxyl groups excluding tert-OH is 3. The summed E-state index contributed by atoms with van der Waals surface area (Å²) < 4.78 is 8.66. The Labute approximate surface area is 160 Å². The third-order valence-corrected chi connectivity index (χ3v) is 4.91. The lowest BCUT2D eigenvalue weighted by Crippen LogP contribution is -2.33. The Morgan fingerprint density at radius 3 is 2.61 bits per heavy atom. The second-order valence-electron chi connectivity index (χ2n) is 6.67. The molecule has 28 heavy (non-hydrogen) atoms. The second kappa shape index (κ2) is 7.28. The van der Waals surface area contributed by atoms with Crippen molar-refractivity contribution in [3.05, 3.63) is 53.5 Å². The fraction of sp³-hybridized carbons (Fsp3) is 0.316. The van der Waals surface area contributed by atoms with Crippen molar-refractivity contribution in [1.82, 2.24) is 19.1 Å². The molecular formula is C19H21N5O4. The Morgan fingerprint density at radius 1 is 1.18 bits per heavy atom. The van der Waals surface area contributed by atoms with Crippen LogP contribution in [0.25, 0.3) is 23.3 Å². The first-order valence-electron chi connectivity index (χ1n) is 8.85. The SMILES string of the molecule is Cn1c(C=Cc2ccccc2)nc2c(ncn2[C@@H]2O[C@H](CO)[C@@H](O)[C@H]2O)c1=N. The number of hydrogen-bond acceptors (Lipinski definition) is 7. The van der Waals surface area contributed by atoms with E-state index in [-0.39, 0.29) is 5.49 Å². The molecule has 0 saturated carbocycles. The summed E-state index contributed by atoms with van der Waals surface area (Å²) in [5.41, 5.74) is 1.85. The van der Waals surface area contributed by atoms with E-state index in [9.17, 15) is 15.3 Å². The monoisotopic (exact) mass is 383 g/mol.